The normalized spacial score (nSPS) is 15.8. The lowest BCUT2D eigenvalue weighted by atomic mass is 10.3. The summed E-state index contributed by atoms with van der Waals surface area (Å²) in [5.41, 5.74) is 0.634. The zero-order valence-corrected chi connectivity index (χ0v) is 13.8. The number of hydrogen-bond acceptors (Lipinski definition) is 6. The van der Waals surface area contributed by atoms with E-state index >= 15 is 0 Å². The molecule has 2 amide bonds. The lowest BCUT2D eigenvalue weighted by molar-refractivity contribution is 0.122. The van der Waals surface area contributed by atoms with Crippen molar-refractivity contribution >= 4 is 17.5 Å². The monoisotopic (exact) mass is 331 g/mol. The highest BCUT2D eigenvalue weighted by Crippen LogP contribution is 2.15. The molecule has 0 unspecified atom stereocenters. The van der Waals surface area contributed by atoms with Crippen LogP contribution in [0.15, 0.2) is 24.7 Å². The van der Waals surface area contributed by atoms with Gasteiger partial charge in [-0.2, -0.15) is 0 Å². The molecule has 1 atom stereocenters. The number of aryl methyl sites for hydroxylation is 1. The molecule has 9 nitrogen and oxygen atoms in total. The van der Waals surface area contributed by atoms with Crippen LogP contribution >= 0.6 is 0 Å². The molecule has 1 aliphatic heterocycles. The van der Waals surface area contributed by atoms with Gasteiger partial charge in [0.2, 0.25) is 0 Å². The first-order valence-corrected chi connectivity index (χ1v) is 7.83. The van der Waals surface area contributed by atoms with Crippen molar-refractivity contribution in [1.29, 1.82) is 0 Å². The predicted octanol–water partition coefficient (Wildman–Crippen LogP) is 0.929. The first kappa shape index (κ1) is 16.2. The Kier molecular flexibility index (Phi) is 4.90. The van der Waals surface area contributed by atoms with Gasteiger partial charge in [-0.15, -0.1) is 10.2 Å². The fourth-order valence-electron chi connectivity index (χ4n) is 2.55. The van der Waals surface area contributed by atoms with E-state index in [0.29, 0.717) is 24.7 Å². The quantitative estimate of drug-likeness (QED) is 0.865. The standard InChI is InChI=1S/C15H21N7O2/c1-11(14-20-17-10-21(14)2)18-15(23)19-12-3-4-13(16-9-12)22-5-7-24-8-6-22/h3-4,9-11H,5-8H2,1-2H3,(H2,18,19,23)/t11-/m0/s1. The van der Waals surface area contributed by atoms with Gasteiger partial charge in [0.15, 0.2) is 5.82 Å². The second-order valence-corrected chi connectivity index (χ2v) is 5.62. The van der Waals surface area contributed by atoms with Gasteiger partial charge in [0, 0.05) is 20.1 Å². The van der Waals surface area contributed by atoms with E-state index in [2.05, 4.69) is 30.7 Å². The van der Waals surface area contributed by atoms with Crippen molar-refractivity contribution in [3.8, 4) is 0 Å². The molecule has 0 saturated carbocycles. The summed E-state index contributed by atoms with van der Waals surface area (Å²) in [4.78, 5) is 18.6. The van der Waals surface area contributed by atoms with Crippen molar-refractivity contribution in [1.82, 2.24) is 25.1 Å². The van der Waals surface area contributed by atoms with Gasteiger partial charge >= 0.3 is 6.03 Å². The summed E-state index contributed by atoms with van der Waals surface area (Å²) in [5.74, 6) is 1.57. The average Bonchev–Trinajstić information content (AvgIpc) is 3.02. The maximum absolute atomic E-state index is 12.1. The maximum atomic E-state index is 12.1. The fraction of sp³-hybridized carbons (Fsp3) is 0.467. The van der Waals surface area contributed by atoms with Crippen LogP contribution in [0.2, 0.25) is 0 Å². The number of anilines is 2. The van der Waals surface area contributed by atoms with Crippen molar-refractivity contribution in [3.05, 3.63) is 30.5 Å². The summed E-state index contributed by atoms with van der Waals surface area (Å²) in [7, 11) is 1.83. The second-order valence-electron chi connectivity index (χ2n) is 5.62. The summed E-state index contributed by atoms with van der Waals surface area (Å²) in [6.45, 7) is 4.93. The lowest BCUT2D eigenvalue weighted by Crippen LogP contribution is -2.36. The molecule has 2 N–H and O–H groups in total. The summed E-state index contributed by atoms with van der Waals surface area (Å²) >= 11 is 0. The van der Waals surface area contributed by atoms with Crippen molar-refractivity contribution in [2.24, 2.45) is 7.05 Å². The number of amides is 2. The highest BCUT2D eigenvalue weighted by atomic mass is 16.5. The van der Waals surface area contributed by atoms with Crippen LogP contribution in [0, 0.1) is 0 Å². The number of nitrogens with zero attached hydrogens (tertiary/aromatic N) is 5. The molecule has 0 radical (unpaired) electrons. The Morgan fingerprint density at radius 1 is 1.33 bits per heavy atom. The predicted molar refractivity (Wildman–Crippen MR) is 88.8 cm³/mol. The molecule has 0 bridgehead atoms. The first-order chi connectivity index (χ1) is 11.6. The summed E-state index contributed by atoms with van der Waals surface area (Å²) in [6, 6.07) is 3.17. The van der Waals surface area contributed by atoms with Gasteiger partial charge < -0.3 is 24.8 Å². The number of ether oxygens (including phenoxy) is 1. The molecule has 1 aliphatic rings. The van der Waals surface area contributed by atoms with Crippen LogP contribution in [0.3, 0.4) is 0 Å². The van der Waals surface area contributed by atoms with E-state index in [9.17, 15) is 4.79 Å². The maximum Gasteiger partial charge on any atom is 0.319 e. The highest BCUT2D eigenvalue weighted by molar-refractivity contribution is 5.89. The van der Waals surface area contributed by atoms with Crippen molar-refractivity contribution in [2.75, 3.05) is 36.5 Å². The number of rotatable bonds is 4. The molecule has 1 saturated heterocycles. The molecule has 0 aliphatic carbocycles. The zero-order valence-electron chi connectivity index (χ0n) is 13.8. The average molecular weight is 331 g/mol. The van der Waals surface area contributed by atoms with Crippen molar-refractivity contribution in [3.63, 3.8) is 0 Å². The van der Waals surface area contributed by atoms with Gasteiger partial charge in [0.1, 0.15) is 12.1 Å². The minimum absolute atomic E-state index is 0.252. The van der Waals surface area contributed by atoms with E-state index in [0.717, 1.165) is 18.9 Å². The Hall–Kier alpha value is -2.68. The van der Waals surface area contributed by atoms with Gasteiger partial charge in [-0.25, -0.2) is 9.78 Å². The van der Waals surface area contributed by atoms with E-state index < -0.39 is 0 Å². The first-order valence-electron chi connectivity index (χ1n) is 7.83. The molecule has 9 heteroatoms. The number of pyridine rings is 1. The van der Waals surface area contributed by atoms with Crippen molar-refractivity contribution in [2.45, 2.75) is 13.0 Å². The lowest BCUT2D eigenvalue weighted by Gasteiger charge is -2.27. The molecule has 24 heavy (non-hydrogen) atoms. The summed E-state index contributed by atoms with van der Waals surface area (Å²) < 4.78 is 7.09. The van der Waals surface area contributed by atoms with E-state index in [-0.39, 0.29) is 12.1 Å². The number of nitrogens with one attached hydrogen (secondary N) is 2. The van der Waals surface area contributed by atoms with Crippen LogP contribution in [0.25, 0.3) is 0 Å². The molecule has 0 spiro atoms. The number of carbonyl (C=O) groups excluding carboxylic acids is 1. The van der Waals surface area contributed by atoms with Gasteiger partial charge in [-0.3, -0.25) is 0 Å². The van der Waals surface area contributed by atoms with Gasteiger partial charge in [-0.05, 0) is 19.1 Å². The largest absolute Gasteiger partial charge is 0.378 e. The number of aromatic nitrogens is 4. The molecule has 3 rings (SSSR count). The van der Waals surface area contributed by atoms with E-state index in [4.69, 9.17) is 4.74 Å². The Balaban J connectivity index is 1.55. The third kappa shape index (κ3) is 3.80. The topological polar surface area (TPSA) is 97.2 Å². The Labute approximate surface area is 140 Å². The van der Waals surface area contributed by atoms with E-state index in [1.165, 1.54) is 0 Å². The minimum atomic E-state index is -0.313. The molecule has 1 fully saturated rings. The third-order valence-electron chi connectivity index (χ3n) is 3.82. The van der Waals surface area contributed by atoms with Crippen molar-refractivity contribution < 1.29 is 9.53 Å². The molecule has 3 heterocycles. The van der Waals surface area contributed by atoms with Crippen LogP contribution in [-0.4, -0.2) is 52.1 Å². The van der Waals surface area contributed by atoms with Gasteiger partial charge in [-0.1, -0.05) is 0 Å². The molecule has 2 aromatic rings. The minimum Gasteiger partial charge on any atom is -0.378 e. The molecule has 2 aromatic heterocycles. The Morgan fingerprint density at radius 2 is 2.12 bits per heavy atom. The highest BCUT2D eigenvalue weighted by Gasteiger charge is 2.15. The fourth-order valence-corrected chi connectivity index (χ4v) is 2.55. The Morgan fingerprint density at radius 3 is 2.75 bits per heavy atom. The number of hydrogen-bond donors (Lipinski definition) is 2. The third-order valence-corrected chi connectivity index (χ3v) is 3.82. The molecular weight excluding hydrogens is 310 g/mol. The van der Waals surface area contributed by atoms with Crippen LogP contribution in [-0.2, 0) is 11.8 Å². The second kappa shape index (κ2) is 7.26. The zero-order chi connectivity index (χ0) is 16.9. The van der Waals surface area contributed by atoms with Crippen LogP contribution in [0.5, 0.6) is 0 Å². The number of carbonyl (C=O) groups is 1. The van der Waals surface area contributed by atoms with Crippen LogP contribution in [0.1, 0.15) is 18.8 Å². The SMILES string of the molecule is C[C@H](NC(=O)Nc1ccc(N2CCOCC2)nc1)c1nncn1C. The van der Waals surface area contributed by atoms with Crippen LogP contribution < -0.4 is 15.5 Å². The summed E-state index contributed by atoms with van der Waals surface area (Å²) in [5, 5.41) is 13.4. The number of morpholine rings is 1. The molecule has 128 valence electrons. The molecular formula is C15H21N7O2. The molecule has 0 aromatic carbocycles. The Bertz CT molecular complexity index is 679. The van der Waals surface area contributed by atoms with E-state index in [1.807, 2.05) is 26.1 Å². The number of urea groups is 1. The smallest absolute Gasteiger partial charge is 0.319 e. The van der Waals surface area contributed by atoms with Crippen LogP contribution in [0.4, 0.5) is 16.3 Å². The van der Waals surface area contributed by atoms with Gasteiger partial charge in [0.25, 0.3) is 0 Å². The summed E-state index contributed by atoms with van der Waals surface area (Å²) in [6.07, 6.45) is 3.25. The van der Waals surface area contributed by atoms with Gasteiger partial charge in [0.05, 0.1) is 31.1 Å². The van der Waals surface area contributed by atoms with E-state index in [1.54, 1.807) is 17.1 Å².